The second-order valence-corrected chi connectivity index (χ2v) is 8.87. The zero-order chi connectivity index (χ0) is 19.3. The van der Waals surface area contributed by atoms with Crippen molar-refractivity contribution in [3.8, 4) is 0 Å². The van der Waals surface area contributed by atoms with Crippen molar-refractivity contribution in [1.29, 1.82) is 0 Å². The van der Waals surface area contributed by atoms with E-state index in [2.05, 4.69) is 43.4 Å². The maximum atomic E-state index is 12.3. The van der Waals surface area contributed by atoms with Gasteiger partial charge in [-0.05, 0) is 41.7 Å². The van der Waals surface area contributed by atoms with E-state index in [1.165, 1.54) is 31.8 Å². The van der Waals surface area contributed by atoms with Gasteiger partial charge in [0.05, 0.1) is 4.90 Å². The summed E-state index contributed by atoms with van der Waals surface area (Å²) in [5, 5.41) is 2.85. The molecule has 0 fully saturated rings. The van der Waals surface area contributed by atoms with Gasteiger partial charge in [0.2, 0.25) is 10.0 Å². The van der Waals surface area contributed by atoms with Gasteiger partial charge in [-0.2, -0.15) is 0 Å². The summed E-state index contributed by atoms with van der Waals surface area (Å²) in [5.41, 5.74) is 2.78. The fraction of sp³-hybridized carbons (Fsp3) is 0.350. The average Bonchev–Trinajstić information content (AvgIpc) is 2.62. The predicted octanol–water partition coefficient (Wildman–Crippen LogP) is 3.03. The molecule has 0 aliphatic carbocycles. The average molecular weight is 375 g/mol. The Bertz CT molecular complexity index is 857. The summed E-state index contributed by atoms with van der Waals surface area (Å²) < 4.78 is 25.5. The lowest BCUT2D eigenvalue weighted by atomic mass is 10.0. The van der Waals surface area contributed by atoms with E-state index in [0.29, 0.717) is 18.0 Å². The fourth-order valence-electron chi connectivity index (χ4n) is 2.50. The molecule has 2 aromatic carbocycles. The Kier molecular flexibility index (Phi) is 6.56. The molecule has 1 N–H and O–H groups in total. The van der Waals surface area contributed by atoms with Gasteiger partial charge in [0.1, 0.15) is 0 Å². The van der Waals surface area contributed by atoms with E-state index in [1.54, 1.807) is 12.1 Å². The van der Waals surface area contributed by atoms with Gasteiger partial charge < -0.3 is 5.32 Å². The Balaban J connectivity index is 1.98. The maximum Gasteiger partial charge on any atom is 0.251 e. The van der Waals surface area contributed by atoms with E-state index in [0.717, 1.165) is 16.3 Å². The van der Waals surface area contributed by atoms with Gasteiger partial charge >= 0.3 is 0 Å². The molecule has 0 aliphatic rings. The molecule has 0 heterocycles. The van der Waals surface area contributed by atoms with Crippen LogP contribution in [-0.2, 0) is 16.4 Å². The summed E-state index contributed by atoms with van der Waals surface area (Å²) in [6.07, 6.45) is 0.722. The minimum Gasteiger partial charge on any atom is -0.352 e. The van der Waals surface area contributed by atoms with E-state index in [4.69, 9.17) is 0 Å². The van der Waals surface area contributed by atoms with Crippen LogP contribution in [0.3, 0.4) is 0 Å². The normalized spacial score (nSPS) is 11.8. The Labute approximate surface area is 156 Å². The van der Waals surface area contributed by atoms with Gasteiger partial charge in [-0.25, -0.2) is 12.7 Å². The second kappa shape index (κ2) is 8.47. The highest BCUT2D eigenvalue weighted by atomic mass is 32.2. The van der Waals surface area contributed by atoms with Crippen molar-refractivity contribution in [1.82, 2.24) is 9.62 Å². The molecule has 0 aliphatic heterocycles. The van der Waals surface area contributed by atoms with Crippen molar-refractivity contribution in [2.24, 2.45) is 0 Å². The molecule has 2 aromatic rings. The highest BCUT2D eigenvalue weighted by Gasteiger charge is 2.18. The second-order valence-electron chi connectivity index (χ2n) is 6.72. The molecule has 26 heavy (non-hydrogen) atoms. The number of nitrogens with zero attached hydrogens (tertiary/aromatic N) is 1. The quantitative estimate of drug-likeness (QED) is 0.810. The van der Waals surface area contributed by atoms with E-state index in [1.807, 2.05) is 0 Å². The summed E-state index contributed by atoms with van der Waals surface area (Å²) in [6, 6.07) is 14.5. The van der Waals surface area contributed by atoms with Crippen molar-refractivity contribution in [3.63, 3.8) is 0 Å². The number of benzene rings is 2. The molecule has 2 rings (SSSR count). The third kappa shape index (κ3) is 4.93. The number of sulfonamides is 1. The summed E-state index contributed by atoms with van der Waals surface area (Å²) in [5.74, 6) is 0.217. The van der Waals surface area contributed by atoms with E-state index < -0.39 is 10.0 Å². The lowest BCUT2D eigenvalue weighted by Crippen LogP contribution is -2.26. The molecule has 0 saturated carbocycles. The van der Waals surface area contributed by atoms with Crippen molar-refractivity contribution in [2.45, 2.75) is 31.1 Å². The van der Waals surface area contributed by atoms with Gasteiger partial charge in [0, 0.05) is 26.2 Å². The fourth-order valence-corrected chi connectivity index (χ4v) is 3.45. The van der Waals surface area contributed by atoms with Crippen LogP contribution in [0.5, 0.6) is 0 Å². The third-order valence-electron chi connectivity index (χ3n) is 4.22. The first kappa shape index (κ1) is 20.1. The van der Waals surface area contributed by atoms with Gasteiger partial charge in [-0.1, -0.05) is 44.2 Å². The standard InChI is InChI=1S/C20H26N2O3S/c1-15(2)17-10-8-16(9-11-17)12-13-21-20(23)18-6-5-7-19(14-18)26(24,25)22(3)4/h5-11,14-15H,12-13H2,1-4H3,(H,21,23). The van der Waals surface area contributed by atoms with Crippen molar-refractivity contribution in [3.05, 3.63) is 65.2 Å². The number of carbonyl (C=O) groups excluding carboxylic acids is 1. The molecule has 0 spiro atoms. The molecule has 0 aromatic heterocycles. The van der Waals surface area contributed by atoms with Crippen LogP contribution in [0.4, 0.5) is 0 Å². The molecule has 0 saturated heterocycles. The molecule has 0 radical (unpaired) electrons. The first-order chi connectivity index (χ1) is 12.2. The Hall–Kier alpha value is -2.18. The van der Waals surface area contributed by atoms with Crippen LogP contribution in [0.25, 0.3) is 0 Å². The van der Waals surface area contributed by atoms with Crippen LogP contribution in [0, 0.1) is 0 Å². The lowest BCUT2D eigenvalue weighted by Gasteiger charge is -2.12. The minimum absolute atomic E-state index is 0.111. The SMILES string of the molecule is CC(C)c1ccc(CCNC(=O)c2cccc(S(=O)(=O)N(C)C)c2)cc1. The number of amides is 1. The smallest absolute Gasteiger partial charge is 0.251 e. The van der Waals surface area contributed by atoms with E-state index in [9.17, 15) is 13.2 Å². The number of nitrogens with one attached hydrogen (secondary N) is 1. The summed E-state index contributed by atoms with van der Waals surface area (Å²) >= 11 is 0. The number of rotatable bonds is 7. The first-order valence-corrected chi connectivity index (χ1v) is 10.1. The number of hydrogen-bond acceptors (Lipinski definition) is 3. The van der Waals surface area contributed by atoms with Crippen molar-refractivity contribution < 1.29 is 13.2 Å². The van der Waals surface area contributed by atoms with Crippen LogP contribution < -0.4 is 5.32 Å². The van der Waals surface area contributed by atoms with Gasteiger partial charge in [0.25, 0.3) is 5.91 Å². The van der Waals surface area contributed by atoms with Crippen LogP contribution in [0.1, 0.15) is 41.3 Å². The number of carbonyl (C=O) groups is 1. The molecular formula is C20H26N2O3S. The summed E-state index contributed by atoms with van der Waals surface area (Å²) in [4.78, 5) is 12.4. The molecule has 0 unspecified atom stereocenters. The molecule has 0 bridgehead atoms. The Morgan fingerprint density at radius 2 is 1.73 bits per heavy atom. The zero-order valence-electron chi connectivity index (χ0n) is 15.7. The van der Waals surface area contributed by atoms with Crippen LogP contribution in [0.15, 0.2) is 53.4 Å². The van der Waals surface area contributed by atoms with Crippen molar-refractivity contribution >= 4 is 15.9 Å². The lowest BCUT2D eigenvalue weighted by molar-refractivity contribution is 0.0954. The highest BCUT2D eigenvalue weighted by Crippen LogP contribution is 2.16. The first-order valence-electron chi connectivity index (χ1n) is 8.61. The zero-order valence-corrected chi connectivity index (χ0v) is 16.5. The monoisotopic (exact) mass is 374 g/mol. The Morgan fingerprint density at radius 3 is 2.31 bits per heavy atom. The molecule has 1 amide bonds. The number of hydrogen-bond donors (Lipinski definition) is 1. The van der Waals surface area contributed by atoms with E-state index >= 15 is 0 Å². The van der Waals surface area contributed by atoms with Crippen LogP contribution in [-0.4, -0.2) is 39.3 Å². The summed E-state index contributed by atoms with van der Waals surface area (Å²) in [6.45, 7) is 4.80. The minimum atomic E-state index is -3.55. The molecule has 0 atom stereocenters. The van der Waals surface area contributed by atoms with Crippen LogP contribution in [0.2, 0.25) is 0 Å². The van der Waals surface area contributed by atoms with Crippen molar-refractivity contribution in [2.75, 3.05) is 20.6 Å². The highest BCUT2D eigenvalue weighted by molar-refractivity contribution is 7.89. The van der Waals surface area contributed by atoms with Crippen LogP contribution >= 0.6 is 0 Å². The van der Waals surface area contributed by atoms with Gasteiger partial charge in [0.15, 0.2) is 0 Å². The largest absolute Gasteiger partial charge is 0.352 e. The summed E-state index contributed by atoms with van der Waals surface area (Å²) in [7, 11) is -0.624. The van der Waals surface area contributed by atoms with Gasteiger partial charge in [-0.15, -0.1) is 0 Å². The molecule has 5 nitrogen and oxygen atoms in total. The topological polar surface area (TPSA) is 66.5 Å². The van der Waals surface area contributed by atoms with Gasteiger partial charge in [-0.3, -0.25) is 4.79 Å². The maximum absolute atomic E-state index is 12.3. The molecule has 6 heteroatoms. The molecular weight excluding hydrogens is 348 g/mol. The molecule has 140 valence electrons. The third-order valence-corrected chi connectivity index (χ3v) is 6.03. The Morgan fingerprint density at radius 1 is 1.08 bits per heavy atom. The predicted molar refractivity (Wildman–Crippen MR) is 104 cm³/mol. The van der Waals surface area contributed by atoms with E-state index in [-0.39, 0.29) is 10.8 Å².